The zero-order valence-corrected chi connectivity index (χ0v) is 14.8. The maximum Gasteiger partial charge on any atom is 0.228 e. The molecule has 2 atom stereocenters. The highest BCUT2D eigenvalue weighted by Gasteiger charge is 2.47. The Hall–Kier alpha value is -2.15. The lowest BCUT2D eigenvalue weighted by Crippen LogP contribution is -2.33. The van der Waals surface area contributed by atoms with E-state index in [-0.39, 0.29) is 29.2 Å². The highest BCUT2D eigenvalue weighted by atomic mass is 32.2. The highest BCUT2D eigenvalue weighted by molar-refractivity contribution is 7.92. The lowest BCUT2D eigenvalue weighted by atomic mass is 10.1. The number of hydrogen-bond donors (Lipinski definition) is 0. The lowest BCUT2D eigenvalue weighted by Gasteiger charge is -2.16. The topological polar surface area (TPSA) is 80.5 Å². The minimum Gasteiger partial charge on any atom is -0.441 e. The Balaban J connectivity index is 1.48. The van der Waals surface area contributed by atoms with Crippen molar-refractivity contribution < 1.29 is 17.6 Å². The molecule has 2 fully saturated rings. The van der Waals surface area contributed by atoms with E-state index in [2.05, 4.69) is 4.98 Å². The summed E-state index contributed by atoms with van der Waals surface area (Å²) >= 11 is 0. The zero-order valence-electron chi connectivity index (χ0n) is 14.0. The maximum atomic E-state index is 12.6. The number of aryl methyl sites for hydroxylation is 1. The van der Waals surface area contributed by atoms with Gasteiger partial charge in [0.2, 0.25) is 11.8 Å². The Morgan fingerprint density at radius 1 is 1.28 bits per heavy atom. The molecular weight excluding hydrogens is 340 g/mol. The van der Waals surface area contributed by atoms with Crippen LogP contribution < -0.4 is 0 Å². The minimum absolute atomic E-state index is 0.0828. The lowest BCUT2D eigenvalue weighted by molar-refractivity contribution is -0.129. The summed E-state index contributed by atoms with van der Waals surface area (Å²) in [5.74, 6) is 1.39. The third kappa shape index (κ3) is 2.97. The van der Waals surface area contributed by atoms with Gasteiger partial charge >= 0.3 is 0 Å². The van der Waals surface area contributed by atoms with Crippen molar-refractivity contribution in [2.45, 2.75) is 25.0 Å². The Morgan fingerprint density at radius 2 is 2.04 bits per heavy atom. The van der Waals surface area contributed by atoms with E-state index in [1.54, 1.807) is 11.8 Å². The number of likely N-dealkylation sites (tertiary alicyclic amines) is 1. The van der Waals surface area contributed by atoms with Gasteiger partial charge in [-0.05, 0) is 31.4 Å². The molecule has 0 unspecified atom stereocenters. The minimum atomic E-state index is -3.03. The molecule has 0 radical (unpaired) electrons. The first-order valence-corrected chi connectivity index (χ1v) is 10.2. The fourth-order valence-electron chi connectivity index (χ4n) is 3.75. The predicted octanol–water partition coefficient (Wildman–Crippen LogP) is 1.84. The molecule has 1 amide bonds. The zero-order chi connectivity index (χ0) is 17.6. The number of benzene rings is 1. The van der Waals surface area contributed by atoms with Gasteiger partial charge in [0.05, 0.1) is 23.1 Å². The molecule has 6 nitrogen and oxygen atoms in total. The van der Waals surface area contributed by atoms with E-state index in [9.17, 15) is 13.2 Å². The van der Waals surface area contributed by atoms with Crippen LogP contribution in [-0.2, 0) is 21.1 Å². The van der Waals surface area contributed by atoms with Crippen molar-refractivity contribution in [2.24, 2.45) is 5.92 Å². The van der Waals surface area contributed by atoms with Gasteiger partial charge in [0.25, 0.3) is 0 Å². The molecule has 0 N–H and O–H groups in total. The van der Waals surface area contributed by atoms with Gasteiger partial charge in [-0.15, -0.1) is 0 Å². The fourth-order valence-corrected chi connectivity index (χ4v) is 5.90. The van der Waals surface area contributed by atoms with Crippen LogP contribution >= 0.6 is 0 Å². The van der Waals surface area contributed by atoms with Crippen molar-refractivity contribution in [1.82, 2.24) is 9.88 Å². The number of rotatable bonds is 3. The second-order valence-corrected chi connectivity index (χ2v) is 9.16. The second kappa shape index (κ2) is 5.98. The van der Waals surface area contributed by atoms with Gasteiger partial charge in [0.1, 0.15) is 5.76 Å². The van der Waals surface area contributed by atoms with Gasteiger partial charge in [-0.25, -0.2) is 13.4 Å². The maximum absolute atomic E-state index is 12.6. The van der Waals surface area contributed by atoms with Crippen LogP contribution in [0.3, 0.4) is 0 Å². The van der Waals surface area contributed by atoms with E-state index in [0.29, 0.717) is 36.9 Å². The van der Waals surface area contributed by atoms with Crippen LogP contribution in [0.4, 0.5) is 0 Å². The van der Waals surface area contributed by atoms with Crippen molar-refractivity contribution in [1.29, 1.82) is 0 Å². The SMILES string of the molecule is Cc1oc(-c2ccccc2)nc1CC(=O)N1C[C@@H]2CCS(=O)(=O)[C@@H]2C1. The van der Waals surface area contributed by atoms with Gasteiger partial charge in [0.15, 0.2) is 9.84 Å². The molecular formula is C18H20N2O4S. The summed E-state index contributed by atoms with van der Waals surface area (Å²) in [7, 11) is -3.03. The van der Waals surface area contributed by atoms with Crippen LogP contribution in [0.2, 0.25) is 0 Å². The monoisotopic (exact) mass is 360 g/mol. The van der Waals surface area contributed by atoms with Crippen molar-refractivity contribution in [3.05, 3.63) is 41.8 Å². The molecule has 132 valence electrons. The molecule has 0 bridgehead atoms. The number of nitrogens with zero attached hydrogens (tertiary/aromatic N) is 2. The Kier molecular flexibility index (Phi) is 3.91. The van der Waals surface area contributed by atoms with Crippen molar-refractivity contribution >= 4 is 15.7 Å². The largest absolute Gasteiger partial charge is 0.441 e. The molecule has 2 aliphatic rings. The van der Waals surface area contributed by atoms with E-state index in [4.69, 9.17) is 4.42 Å². The molecule has 2 aromatic rings. The molecule has 7 heteroatoms. The van der Waals surface area contributed by atoms with E-state index in [1.807, 2.05) is 30.3 Å². The summed E-state index contributed by atoms with van der Waals surface area (Å²) in [5.41, 5.74) is 1.48. The Labute approximate surface area is 146 Å². The number of carbonyl (C=O) groups is 1. The smallest absolute Gasteiger partial charge is 0.228 e. The molecule has 1 aromatic carbocycles. The summed E-state index contributed by atoms with van der Waals surface area (Å²) in [4.78, 5) is 18.7. The summed E-state index contributed by atoms with van der Waals surface area (Å²) in [5, 5.41) is -0.380. The summed E-state index contributed by atoms with van der Waals surface area (Å²) in [6.45, 7) is 2.64. The van der Waals surface area contributed by atoms with Crippen LogP contribution in [-0.4, -0.2) is 48.3 Å². The predicted molar refractivity (Wildman–Crippen MR) is 92.6 cm³/mol. The normalized spacial score (nSPS) is 24.4. The molecule has 0 aliphatic carbocycles. The standard InChI is InChI=1S/C18H20N2O4S/c1-12-15(19-18(24-12)13-5-3-2-4-6-13)9-17(21)20-10-14-7-8-25(22,23)16(14)11-20/h2-6,14,16H,7-11H2,1H3/t14-,16+/m0/s1. The molecule has 1 aromatic heterocycles. The van der Waals surface area contributed by atoms with Crippen LogP contribution in [0.25, 0.3) is 11.5 Å². The van der Waals surface area contributed by atoms with Gasteiger partial charge in [-0.3, -0.25) is 4.79 Å². The van der Waals surface area contributed by atoms with Gasteiger partial charge in [0, 0.05) is 18.7 Å². The summed E-state index contributed by atoms with van der Waals surface area (Å²) < 4.78 is 29.7. The first-order chi connectivity index (χ1) is 11.9. The van der Waals surface area contributed by atoms with E-state index in [0.717, 1.165) is 5.56 Å². The molecule has 0 saturated carbocycles. The van der Waals surface area contributed by atoms with E-state index in [1.165, 1.54) is 0 Å². The second-order valence-electron chi connectivity index (χ2n) is 6.82. The van der Waals surface area contributed by atoms with Crippen LogP contribution in [0.1, 0.15) is 17.9 Å². The average Bonchev–Trinajstić information content (AvgIpc) is 3.25. The van der Waals surface area contributed by atoms with Crippen LogP contribution in [0, 0.1) is 12.8 Å². The molecule has 0 spiro atoms. The third-order valence-electron chi connectivity index (χ3n) is 5.20. The number of oxazole rings is 1. The quantitative estimate of drug-likeness (QED) is 0.834. The number of fused-ring (bicyclic) bond motifs is 1. The number of amides is 1. The van der Waals surface area contributed by atoms with Crippen molar-refractivity contribution in [2.75, 3.05) is 18.8 Å². The van der Waals surface area contributed by atoms with Crippen molar-refractivity contribution in [3.8, 4) is 11.5 Å². The van der Waals surface area contributed by atoms with Crippen LogP contribution in [0.5, 0.6) is 0 Å². The van der Waals surface area contributed by atoms with Gasteiger partial charge in [-0.2, -0.15) is 0 Å². The molecule has 3 heterocycles. The van der Waals surface area contributed by atoms with Gasteiger partial charge in [-0.1, -0.05) is 18.2 Å². The Bertz CT molecular complexity index is 904. The molecule has 4 rings (SSSR count). The first kappa shape index (κ1) is 16.3. The highest BCUT2D eigenvalue weighted by Crippen LogP contribution is 2.34. The average molecular weight is 360 g/mol. The molecule has 2 saturated heterocycles. The summed E-state index contributed by atoms with van der Waals surface area (Å²) in [6.07, 6.45) is 0.805. The van der Waals surface area contributed by atoms with Crippen LogP contribution in [0.15, 0.2) is 34.7 Å². The molecule has 25 heavy (non-hydrogen) atoms. The van der Waals surface area contributed by atoms with Crippen molar-refractivity contribution in [3.63, 3.8) is 0 Å². The summed E-state index contributed by atoms with van der Waals surface area (Å²) in [6, 6.07) is 9.54. The number of aromatic nitrogens is 1. The van der Waals surface area contributed by atoms with E-state index >= 15 is 0 Å². The number of carbonyl (C=O) groups excluding carboxylic acids is 1. The number of sulfone groups is 1. The van der Waals surface area contributed by atoms with Gasteiger partial charge < -0.3 is 9.32 Å². The number of hydrogen-bond acceptors (Lipinski definition) is 5. The molecule has 2 aliphatic heterocycles. The Morgan fingerprint density at radius 3 is 2.76 bits per heavy atom. The van der Waals surface area contributed by atoms with E-state index < -0.39 is 9.84 Å². The fraction of sp³-hybridized carbons (Fsp3) is 0.444. The first-order valence-electron chi connectivity index (χ1n) is 8.45. The third-order valence-corrected chi connectivity index (χ3v) is 7.46.